The molecule has 0 saturated carbocycles. The maximum Gasteiger partial charge on any atom is 0.255 e. The van der Waals surface area contributed by atoms with Crippen molar-refractivity contribution in [2.24, 2.45) is 5.73 Å². The fourth-order valence-corrected chi connectivity index (χ4v) is 1.91. The maximum atomic E-state index is 10.7. The third-order valence-electron chi connectivity index (χ3n) is 2.84. The van der Waals surface area contributed by atoms with Gasteiger partial charge in [-0.1, -0.05) is 0 Å². The van der Waals surface area contributed by atoms with Crippen molar-refractivity contribution in [3.63, 3.8) is 0 Å². The molecule has 1 aliphatic heterocycles. The van der Waals surface area contributed by atoms with Crippen molar-refractivity contribution in [3.8, 4) is 11.9 Å². The molecule has 19 heavy (non-hydrogen) atoms. The smallest absolute Gasteiger partial charge is 0.255 e. The first-order chi connectivity index (χ1) is 8.91. The molecule has 0 fully saturated rings. The number of nitrogens with two attached hydrogens (primary N) is 1. The average Bonchev–Trinajstić information content (AvgIpc) is 2.34. The Labute approximate surface area is 111 Å². The highest BCUT2D eigenvalue weighted by Gasteiger charge is 2.28. The first-order valence-electron chi connectivity index (χ1n) is 5.89. The lowest BCUT2D eigenvalue weighted by molar-refractivity contribution is -0.120. The zero-order valence-electron chi connectivity index (χ0n) is 10.9. The van der Waals surface area contributed by atoms with Crippen LogP contribution in [0, 0.1) is 11.3 Å². The van der Waals surface area contributed by atoms with E-state index in [9.17, 15) is 4.79 Å². The Balaban J connectivity index is 2.34. The minimum absolute atomic E-state index is 0.151. The van der Waals surface area contributed by atoms with E-state index in [0.717, 1.165) is 11.3 Å². The van der Waals surface area contributed by atoms with E-state index in [2.05, 4.69) is 4.98 Å². The molecule has 6 nitrogen and oxygen atoms in total. The van der Waals surface area contributed by atoms with E-state index in [1.54, 1.807) is 6.07 Å². The highest BCUT2D eigenvalue weighted by Crippen LogP contribution is 2.29. The Kier molecular flexibility index (Phi) is 3.40. The zero-order chi connectivity index (χ0) is 14.0. The monoisotopic (exact) mass is 261 g/mol. The second kappa shape index (κ2) is 4.86. The highest BCUT2D eigenvalue weighted by atomic mass is 16.5. The van der Waals surface area contributed by atoms with Gasteiger partial charge in [0.05, 0.1) is 17.9 Å². The van der Waals surface area contributed by atoms with Crippen LogP contribution in [0.2, 0.25) is 0 Å². The number of amides is 1. The zero-order valence-corrected chi connectivity index (χ0v) is 10.9. The standard InChI is InChI=1S/C13H15N3O3/c1-13(2)4-10-9(6-19-13)3-8(5-14)12(16-10)18-7-11(15)17/h3H,4,6-7H2,1-2H3,(H2,15,17). The van der Waals surface area contributed by atoms with E-state index in [-0.39, 0.29) is 23.7 Å². The SMILES string of the molecule is CC1(C)Cc2nc(OCC(N)=O)c(C#N)cc2CO1. The second-order valence-electron chi connectivity index (χ2n) is 5.04. The number of carbonyl (C=O) groups excluding carboxylic acids is 1. The molecule has 2 heterocycles. The van der Waals surface area contributed by atoms with Crippen LogP contribution in [0.4, 0.5) is 0 Å². The summed E-state index contributed by atoms with van der Waals surface area (Å²) < 4.78 is 10.8. The summed E-state index contributed by atoms with van der Waals surface area (Å²) in [6.45, 7) is 4.07. The van der Waals surface area contributed by atoms with Gasteiger partial charge < -0.3 is 15.2 Å². The summed E-state index contributed by atoms with van der Waals surface area (Å²) in [4.78, 5) is 15.0. The molecule has 2 N–H and O–H groups in total. The number of hydrogen-bond donors (Lipinski definition) is 1. The van der Waals surface area contributed by atoms with Crippen molar-refractivity contribution in [1.29, 1.82) is 5.26 Å². The minimum atomic E-state index is -0.605. The molecule has 0 unspecified atom stereocenters. The summed E-state index contributed by atoms with van der Waals surface area (Å²) in [7, 11) is 0. The number of pyridine rings is 1. The molecule has 0 aliphatic carbocycles. The molecule has 1 aromatic rings. The Bertz CT molecular complexity index is 561. The van der Waals surface area contributed by atoms with Gasteiger partial charge in [0, 0.05) is 12.0 Å². The van der Waals surface area contributed by atoms with E-state index in [0.29, 0.717) is 13.0 Å². The van der Waals surface area contributed by atoms with Crippen LogP contribution in [0.3, 0.4) is 0 Å². The Morgan fingerprint density at radius 1 is 1.68 bits per heavy atom. The fraction of sp³-hybridized carbons (Fsp3) is 0.462. The van der Waals surface area contributed by atoms with Crippen LogP contribution < -0.4 is 10.5 Å². The number of ether oxygens (including phenoxy) is 2. The molecule has 0 spiro atoms. The number of rotatable bonds is 3. The molecule has 1 amide bonds. The molecule has 1 aliphatic rings. The van der Waals surface area contributed by atoms with Crippen LogP contribution in [-0.4, -0.2) is 23.1 Å². The number of fused-ring (bicyclic) bond motifs is 1. The van der Waals surface area contributed by atoms with Crippen LogP contribution in [0.1, 0.15) is 30.7 Å². The fourth-order valence-electron chi connectivity index (χ4n) is 1.91. The van der Waals surface area contributed by atoms with Crippen LogP contribution >= 0.6 is 0 Å². The van der Waals surface area contributed by atoms with Crippen molar-refractivity contribution in [3.05, 3.63) is 22.9 Å². The van der Waals surface area contributed by atoms with Crippen molar-refractivity contribution < 1.29 is 14.3 Å². The number of aromatic nitrogens is 1. The predicted octanol–water partition coefficient (Wildman–Crippen LogP) is 0.669. The summed E-state index contributed by atoms with van der Waals surface area (Å²) in [6.07, 6.45) is 0.626. The molecule has 0 bridgehead atoms. The quantitative estimate of drug-likeness (QED) is 0.862. The van der Waals surface area contributed by atoms with Crippen LogP contribution in [0.25, 0.3) is 0 Å². The molecule has 0 saturated heterocycles. The van der Waals surface area contributed by atoms with E-state index in [4.69, 9.17) is 20.5 Å². The van der Waals surface area contributed by atoms with Gasteiger partial charge in [0.25, 0.3) is 5.91 Å². The molecular weight excluding hydrogens is 246 g/mol. The van der Waals surface area contributed by atoms with Gasteiger partial charge in [-0.3, -0.25) is 4.79 Å². The van der Waals surface area contributed by atoms with Gasteiger partial charge in [0.2, 0.25) is 5.88 Å². The first kappa shape index (κ1) is 13.3. The van der Waals surface area contributed by atoms with Crippen LogP contribution in [0.5, 0.6) is 5.88 Å². The Morgan fingerprint density at radius 3 is 3.05 bits per heavy atom. The van der Waals surface area contributed by atoms with E-state index in [1.807, 2.05) is 19.9 Å². The number of nitriles is 1. The lowest BCUT2D eigenvalue weighted by Gasteiger charge is -2.31. The van der Waals surface area contributed by atoms with Gasteiger partial charge in [0.15, 0.2) is 6.61 Å². The van der Waals surface area contributed by atoms with E-state index in [1.165, 1.54) is 0 Å². The van der Waals surface area contributed by atoms with Crippen molar-refractivity contribution in [2.75, 3.05) is 6.61 Å². The van der Waals surface area contributed by atoms with Gasteiger partial charge in [-0.2, -0.15) is 5.26 Å². The van der Waals surface area contributed by atoms with Crippen molar-refractivity contribution >= 4 is 5.91 Å². The first-order valence-corrected chi connectivity index (χ1v) is 5.89. The second-order valence-corrected chi connectivity index (χ2v) is 5.04. The van der Waals surface area contributed by atoms with E-state index >= 15 is 0 Å². The molecular formula is C13H15N3O3. The van der Waals surface area contributed by atoms with Crippen molar-refractivity contribution in [1.82, 2.24) is 4.98 Å². The maximum absolute atomic E-state index is 10.7. The molecule has 0 aromatic carbocycles. The summed E-state index contributed by atoms with van der Waals surface area (Å²) in [5.74, 6) is -0.454. The summed E-state index contributed by atoms with van der Waals surface area (Å²) >= 11 is 0. The molecule has 1 aromatic heterocycles. The lowest BCUT2D eigenvalue weighted by atomic mass is 9.95. The lowest BCUT2D eigenvalue weighted by Crippen LogP contribution is -2.32. The van der Waals surface area contributed by atoms with Gasteiger partial charge >= 0.3 is 0 Å². The number of nitrogens with zero attached hydrogens (tertiary/aromatic N) is 2. The summed E-state index contributed by atoms with van der Waals surface area (Å²) in [5, 5.41) is 9.06. The average molecular weight is 261 g/mol. The van der Waals surface area contributed by atoms with Crippen molar-refractivity contribution in [2.45, 2.75) is 32.5 Å². The van der Waals surface area contributed by atoms with Gasteiger partial charge in [-0.15, -0.1) is 0 Å². The Hall–Kier alpha value is -2.13. The molecule has 6 heteroatoms. The van der Waals surface area contributed by atoms with Gasteiger partial charge in [-0.05, 0) is 19.9 Å². The molecule has 100 valence electrons. The normalized spacial score (nSPS) is 16.3. The Morgan fingerprint density at radius 2 is 2.42 bits per heavy atom. The largest absolute Gasteiger partial charge is 0.467 e. The predicted molar refractivity (Wildman–Crippen MR) is 66.2 cm³/mol. The molecule has 2 rings (SSSR count). The summed E-state index contributed by atoms with van der Waals surface area (Å²) in [5.41, 5.74) is 6.71. The number of carbonyl (C=O) groups is 1. The summed E-state index contributed by atoms with van der Waals surface area (Å²) in [6, 6.07) is 3.68. The van der Waals surface area contributed by atoms with E-state index < -0.39 is 5.91 Å². The third kappa shape index (κ3) is 3.01. The topological polar surface area (TPSA) is 98.2 Å². The van der Waals surface area contributed by atoms with Crippen LogP contribution in [-0.2, 0) is 22.6 Å². The third-order valence-corrected chi connectivity index (χ3v) is 2.84. The highest BCUT2D eigenvalue weighted by molar-refractivity contribution is 5.75. The van der Waals surface area contributed by atoms with Gasteiger partial charge in [-0.25, -0.2) is 4.98 Å². The molecule has 0 radical (unpaired) electrons. The number of primary amides is 1. The molecule has 0 atom stereocenters. The minimum Gasteiger partial charge on any atom is -0.467 e. The number of hydrogen-bond acceptors (Lipinski definition) is 5. The van der Waals surface area contributed by atoms with Gasteiger partial charge in [0.1, 0.15) is 11.6 Å². The van der Waals surface area contributed by atoms with Crippen LogP contribution in [0.15, 0.2) is 6.07 Å².